The Labute approximate surface area is 167 Å². The number of carboxylic acid groups (broad SMARTS) is 1. The van der Waals surface area contributed by atoms with Gasteiger partial charge in [0, 0.05) is 11.4 Å². The fraction of sp³-hybridized carbons (Fsp3) is 0.190. The van der Waals surface area contributed by atoms with E-state index in [-0.39, 0.29) is 17.2 Å². The van der Waals surface area contributed by atoms with Crippen LogP contribution in [0.15, 0.2) is 64.9 Å². The molecule has 4 rings (SSSR count). The van der Waals surface area contributed by atoms with Gasteiger partial charge in [0.25, 0.3) is 10.0 Å². The SMILES string of the molecule is CCC(C(=O)O)N1Cc2cc(-c3ccc(-c4ccccc4)cc3)sc2S1(=O)=O. The maximum atomic E-state index is 12.8. The molecule has 0 saturated heterocycles. The predicted octanol–water partition coefficient (Wildman–Crippen LogP) is 4.45. The lowest BCUT2D eigenvalue weighted by Gasteiger charge is -2.21. The summed E-state index contributed by atoms with van der Waals surface area (Å²) in [5.41, 5.74) is 3.85. The molecule has 0 saturated carbocycles. The first-order valence-electron chi connectivity index (χ1n) is 8.95. The number of hydrogen-bond donors (Lipinski definition) is 1. The summed E-state index contributed by atoms with van der Waals surface area (Å²) < 4.78 is 27.0. The highest BCUT2D eigenvalue weighted by atomic mass is 32.2. The third-order valence-corrected chi connectivity index (χ3v) is 8.57. The zero-order valence-electron chi connectivity index (χ0n) is 15.2. The fourth-order valence-corrected chi connectivity index (χ4v) is 6.92. The number of carbonyl (C=O) groups is 1. The second-order valence-corrected chi connectivity index (χ2v) is 9.82. The Morgan fingerprint density at radius 1 is 1.07 bits per heavy atom. The fourth-order valence-electron chi connectivity index (χ4n) is 3.48. The minimum atomic E-state index is -3.77. The van der Waals surface area contributed by atoms with E-state index in [0.29, 0.717) is 5.56 Å². The topological polar surface area (TPSA) is 74.7 Å². The summed E-state index contributed by atoms with van der Waals surface area (Å²) in [6.07, 6.45) is 0.233. The first-order chi connectivity index (χ1) is 13.4. The van der Waals surface area contributed by atoms with E-state index in [0.717, 1.165) is 25.9 Å². The van der Waals surface area contributed by atoms with Crippen LogP contribution in [0, 0.1) is 0 Å². The molecule has 0 bridgehead atoms. The summed E-state index contributed by atoms with van der Waals surface area (Å²) in [6.45, 7) is 1.79. The number of thiophene rings is 1. The highest BCUT2D eigenvalue weighted by Crippen LogP contribution is 2.42. The number of sulfonamides is 1. The average molecular weight is 414 g/mol. The number of benzene rings is 2. The summed E-state index contributed by atoms with van der Waals surface area (Å²) in [7, 11) is -3.77. The van der Waals surface area contributed by atoms with Gasteiger partial charge in [0.05, 0.1) is 0 Å². The molecule has 1 unspecified atom stereocenters. The molecule has 5 nitrogen and oxygen atoms in total. The van der Waals surface area contributed by atoms with Crippen LogP contribution in [0.1, 0.15) is 18.9 Å². The normalized spacial score (nSPS) is 16.6. The monoisotopic (exact) mass is 413 g/mol. The highest BCUT2D eigenvalue weighted by Gasteiger charge is 2.43. The van der Waals surface area contributed by atoms with Gasteiger partial charge in [-0.3, -0.25) is 4.79 Å². The van der Waals surface area contributed by atoms with Gasteiger partial charge in [-0.25, -0.2) is 8.42 Å². The van der Waals surface area contributed by atoms with Crippen molar-refractivity contribution in [1.29, 1.82) is 0 Å². The van der Waals surface area contributed by atoms with E-state index in [1.807, 2.05) is 60.7 Å². The molecule has 0 fully saturated rings. The Kier molecular flexibility index (Phi) is 4.82. The second kappa shape index (κ2) is 7.16. The zero-order chi connectivity index (χ0) is 19.9. The molecule has 1 atom stereocenters. The van der Waals surface area contributed by atoms with Gasteiger partial charge in [-0.1, -0.05) is 61.5 Å². The molecule has 3 aromatic rings. The van der Waals surface area contributed by atoms with Crippen LogP contribution in [0.3, 0.4) is 0 Å². The van der Waals surface area contributed by atoms with Crippen LogP contribution in [0.2, 0.25) is 0 Å². The Morgan fingerprint density at radius 2 is 1.68 bits per heavy atom. The van der Waals surface area contributed by atoms with Crippen LogP contribution in [-0.2, 0) is 21.4 Å². The molecule has 2 heterocycles. The number of aliphatic carboxylic acids is 1. The van der Waals surface area contributed by atoms with Gasteiger partial charge in [0.2, 0.25) is 0 Å². The van der Waals surface area contributed by atoms with Crippen LogP contribution < -0.4 is 0 Å². The van der Waals surface area contributed by atoms with Crippen LogP contribution >= 0.6 is 11.3 Å². The number of carboxylic acids is 1. The van der Waals surface area contributed by atoms with E-state index in [9.17, 15) is 18.3 Å². The van der Waals surface area contributed by atoms with Gasteiger partial charge < -0.3 is 5.11 Å². The number of nitrogens with zero attached hydrogens (tertiary/aromatic N) is 1. The molecule has 1 N–H and O–H groups in total. The van der Waals surface area contributed by atoms with E-state index >= 15 is 0 Å². The van der Waals surface area contributed by atoms with E-state index in [4.69, 9.17) is 0 Å². The first kappa shape index (κ1) is 18.9. The third-order valence-electron chi connectivity index (χ3n) is 4.94. The van der Waals surface area contributed by atoms with Crippen molar-refractivity contribution in [3.8, 4) is 21.6 Å². The van der Waals surface area contributed by atoms with Crippen molar-refractivity contribution >= 4 is 27.3 Å². The van der Waals surface area contributed by atoms with Gasteiger partial charge in [-0.15, -0.1) is 11.3 Å². The van der Waals surface area contributed by atoms with Crippen molar-refractivity contribution in [2.75, 3.05) is 0 Å². The molecule has 28 heavy (non-hydrogen) atoms. The van der Waals surface area contributed by atoms with Gasteiger partial charge in [0.1, 0.15) is 10.3 Å². The Morgan fingerprint density at radius 3 is 2.25 bits per heavy atom. The van der Waals surface area contributed by atoms with E-state index in [2.05, 4.69) is 0 Å². The lowest BCUT2D eigenvalue weighted by Crippen LogP contribution is -2.40. The predicted molar refractivity (Wildman–Crippen MR) is 110 cm³/mol. The molecular formula is C21H19NO4S2. The molecule has 1 aliphatic rings. The van der Waals surface area contributed by atoms with Gasteiger partial charge in [-0.2, -0.15) is 4.31 Å². The van der Waals surface area contributed by atoms with Gasteiger partial charge in [0.15, 0.2) is 0 Å². The number of fused-ring (bicyclic) bond motifs is 1. The molecule has 144 valence electrons. The number of rotatable bonds is 5. The summed E-state index contributed by atoms with van der Waals surface area (Å²) in [5.74, 6) is -1.11. The van der Waals surface area contributed by atoms with E-state index in [1.165, 1.54) is 11.3 Å². The Hall–Kier alpha value is -2.48. The first-order valence-corrected chi connectivity index (χ1v) is 11.2. The van der Waals surface area contributed by atoms with Gasteiger partial charge >= 0.3 is 5.97 Å². The number of hydrogen-bond acceptors (Lipinski definition) is 4. The largest absolute Gasteiger partial charge is 0.480 e. The van der Waals surface area contributed by atoms with Crippen molar-refractivity contribution < 1.29 is 18.3 Å². The molecule has 0 aliphatic carbocycles. The van der Waals surface area contributed by atoms with E-state index < -0.39 is 22.0 Å². The smallest absolute Gasteiger partial charge is 0.322 e. The third kappa shape index (κ3) is 3.15. The van der Waals surface area contributed by atoms with Crippen LogP contribution in [-0.4, -0.2) is 29.8 Å². The lowest BCUT2D eigenvalue weighted by molar-refractivity contribution is -0.141. The maximum Gasteiger partial charge on any atom is 0.322 e. The molecule has 0 amide bonds. The highest BCUT2D eigenvalue weighted by molar-refractivity contribution is 7.91. The molecule has 1 aromatic heterocycles. The minimum absolute atomic E-state index is 0.112. The van der Waals surface area contributed by atoms with Crippen molar-refractivity contribution in [2.45, 2.75) is 30.1 Å². The summed E-state index contributed by atoms with van der Waals surface area (Å²) in [5, 5.41) is 9.33. The van der Waals surface area contributed by atoms with Crippen molar-refractivity contribution in [2.24, 2.45) is 0 Å². The van der Waals surface area contributed by atoms with Crippen molar-refractivity contribution in [3.05, 3.63) is 66.2 Å². The zero-order valence-corrected chi connectivity index (χ0v) is 16.8. The molecule has 0 spiro atoms. The molecule has 1 aliphatic heterocycles. The standard InChI is InChI=1S/C21H19NO4S2/c1-2-18(20(23)24)22-13-17-12-19(27-21(17)28(22,25)26)16-10-8-15(9-11-16)14-6-4-3-5-7-14/h3-12,18H,2,13H2,1H3,(H,23,24). The average Bonchev–Trinajstić information content (AvgIpc) is 3.22. The maximum absolute atomic E-state index is 12.8. The van der Waals surface area contributed by atoms with Crippen molar-refractivity contribution in [1.82, 2.24) is 4.31 Å². The van der Waals surface area contributed by atoms with Gasteiger partial charge in [-0.05, 0) is 34.7 Å². The van der Waals surface area contributed by atoms with E-state index in [1.54, 1.807) is 6.92 Å². The molecule has 0 radical (unpaired) electrons. The lowest BCUT2D eigenvalue weighted by atomic mass is 10.0. The minimum Gasteiger partial charge on any atom is -0.480 e. The summed E-state index contributed by atoms with van der Waals surface area (Å²) in [6, 6.07) is 18.9. The van der Waals surface area contributed by atoms with Crippen LogP contribution in [0.4, 0.5) is 0 Å². The quantitative estimate of drug-likeness (QED) is 0.671. The summed E-state index contributed by atoms with van der Waals surface area (Å²) in [4.78, 5) is 12.3. The summed E-state index contributed by atoms with van der Waals surface area (Å²) >= 11 is 1.20. The molecule has 2 aromatic carbocycles. The van der Waals surface area contributed by atoms with Crippen LogP contribution in [0.5, 0.6) is 0 Å². The Balaban J connectivity index is 1.64. The molecule has 7 heteroatoms. The Bertz CT molecular complexity index is 1120. The second-order valence-electron chi connectivity index (χ2n) is 6.68. The molecular weight excluding hydrogens is 394 g/mol. The van der Waals surface area contributed by atoms with Crippen LogP contribution in [0.25, 0.3) is 21.6 Å². The van der Waals surface area contributed by atoms with Crippen molar-refractivity contribution in [3.63, 3.8) is 0 Å².